The van der Waals surface area contributed by atoms with Gasteiger partial charge in [-0.05, 0) is 25.3 Å². The summed E-state index contributed by atoms with van der Waals surface area (Å²) < 4.78 is 0. The molecule has 0 heterocycles. The van der Waals surface area contributed by atoms with Crippen molar-refractivity contribution in [1.82, 2.24) is 0 Å². The normalized spacial score (nSPS) is 10.4. The molecule has 104 valence electrons. The highest BCUT2D eigenvalue weighted by Gasteiger charge is 2.25. The Labute approximate surface area is 111 Å². The summed E-state index contributed by atoms with van der Waals surface area (Å²) in [6, 6.07) is 2.81. The van der Waals surface area contributed by atoms with Crippen LogP contribution < -0.4 is 0 Å². The fourth-order valence-corrected chi connectivity index (χ4v) is 2.09. The van der Waals surface area contributed by atoms with Gasteiger partial charge in [0.05, 0.1) is 9.85 Å². The lowest BCUT2D eigenvalue weighted by molar-refractivity contribution is -0.395. The van der Waals surface area contributed by atoms with Crippen LogP contribution in [0.1, 0.15) is 43.7 Å². The molecule has 19 heavy (non-hydrogen) atoms. The minimum absolute atomic E-state index is 0.136. The van der Waals surface area contributed by atoms with Crippen LogP contribution in [0.5, 0.6) is 0 Å². The van der Waals surface area contributed by atoms with Crippen molar-refractivity contribution >= 4 is 11.4 Å². The molecule has 1 rings (SSSR count). The Hall–Kier alpha value is -1.98. The second-order valence-electron chi connectivity index (χ2n) is 4.61. The van der Waals surface area contributed by atoms with E-state index in [1.165, 1.54) is 12.1 Å². The van der Waals surface area contributed by atoms with Crippen LogP contribution in [0.25, 0.3) is 0 Å². The van der Waals surface area contributed by atoms with Gasteiger partial charge in [-0.15, -0.1) is 0 Å². The molecule has 6 nitrogen and oxygen atoms in total. The Morgan fingerprint density at radius 1 is 1.00 bits per heavy atom. The number of benzene rings is 1. The maximum atomic E-state index is 11.0. The number of rotatable bonds is 7. The van der Waals surface area contributed by atoms with Crippen LogP contribution >= 0.6 is 0 Å². The Balaban J connectivity index is 3.09. The molecule has 0 atom stereocenters. The summed E-state index contributed by atoms with van der Waals surface area (Å²) in [7, 11) is 0. The summed E-state index contributed by atoms with van der Waals surface area (Å²) in [4.78, 5) is 21.0. The van der Waals surface area contributed by atoms with Gasteiger partial charge in [-0.1, -0.05) is 26.2 Å². The Morgan fingerprint density at radius 3 is 1.95 bits per heavy atom. The van der Waals surface area contributed by atoms with E-state index in [0.717, 1.165) is 25.7 Å². The standard InChI is InChI=1S/C13H18N2O4/c1-3-4-5-6-7-11-12(14(16)17)8-10(2)9-13(11)15(18)19/h8-9H,3-7H2,1-2H3. The van der Waals surface area contributed by atoms with Crippen LogP contribution in [0, 0.1) is 27.2 Å². The lowest BCUT2D eigenvalue weighted by Gasteiger charge is -2.05. The number of aryl methyl sites for hydroxylation is 1. The van der Waals surface area contributed by atoms with Crippen molar-refractivity contribution in [2.24, 2.45) is 0 Å². The van der Waals surface area contributed by atoms with E-state index in [-0.39, 0.29) is 16.9 Å². The van der Waals surface area contributed by atoms with Gasteiger partial charge in [0.25, 0.3) is 11.4 Å². The molecule has 0 spiro atoms. The zero-order valence-electron chi connectivity index (χ0n) is 11.2. The highest BCUT2D eigenvalue weighted by atomic mass is 16.6. The van der Waals surface area contributed by atoms with Gasteiger partial charge in [0.2, 0.25) is 0 Å². The molecule has 6 heteroatoms. The van der Waals surface area contributed by atoms with E-state index in [2.05, 4.69) is 6.92 Å². The van der Waals surface area contributed by atoms with Gasteiger partial charge in [-0.3, -0.25) is 20.2 Å². The van der Waals surface area contributed by atoms with Crippen molar-refractivity contribution in [2.75, 3.05) is 0 Å². The second kappa shape index (κ2) is 6.82. The summed E-state index contributed by atoms with van der Waals surface area (Å²) in [6.45, 7) is 3.69. The van der Waals surface area contributed by atoms with E-state index in [4.69, 9.17) is 0 Å². The van der Waals surface area contributed by atoms with Gasteiger partial charge in [-0.2, -0.15) is 0 Å². The average Bonchev–Trinajstić information content (AvgIpc) is 2.34. The van der Waals surface area contributed by atoms with Crippen molar-refractivity contribution in [3.63, 3.8) is 0 Å². The number of unbranched alkanes of at least 4 members (excludes halogenated alkanes) is 3. The van der Waals surface area contributed by atoms with Crippen LogP contribution in [-0.2, 0) is 6.42 Å². The molecule has 0 aliphatic heterocycles. The van der Waals surface area contributed by atoms with Crippen LogP contribution in [0.15, 0.2) is 12.1 Å². The first-order valence-corrected chi connectivity index (χ1v) is 6.39. The fraction of sp³-hybridized carbons (Fsp3) is 0.538. The molecule has 0 unspecified atom stereocenters. The maximum absolute atomic E-state index is 11.0. The van der Waals surface area contributed by atoms with Crippen LogP contribution in [0.4, 0.5) is 11.4 Å². The molecule has 0 fully saturated rings. The predicted molar refractivity (Wildman–Crippen MR) is 72.3 cm³/mol. The molecule has 1 aromatic carbocycles. The SMILES string of the molecule is CCCCCCc1c([N+](=O)[O-])cc(C)cc1[N+](=O)[O-]. The molecule has 1 aromatic rings. The number of nitro benzene ring substituents is 2. The van der Waals surface area contributed by atoms with Gasteiger partial charge in [0.1, 0.15) is 5.56 Å². The molecule has 0 saturated carbocycles. The van der Waals surface area contributed by atoms with Crippen LogP contribution in [0.3, 0.4) is 0 Å². The topological polar surface area (TPSA) is 86.3 Å². The first-order chi connectivity index (χ1) is 8.97. The third kappa shape index (κ3) is 4.01. The largest absolute Gasteiger partial charge is 0.279 e. The first-order valence-electron chi connectivity index (χ1n) is 6.39. The van der Waals surface area contributed by atoms with Crippen LogP contribution in [0.2, 0.25) is 0 Å². The molecule has 0 aliphatic carbocycles. The van der Waals surface area contributed by atoms with Crippen LogP contribution in [-0.4, -0.2) is 9.85 Å². The summed E-state index contributed by atoms with van der Waals surface area (Å²) >= 11 is 0. The molecule has 0 aliphatic rings. The third-order valence-electron chi connectivity index (χ3n) is 3.02. The Bertz CT molecular complexity index is 451. The molecule has 0 aromatic heterocycles. The number of hydrogen-bond acceptors (Lipinski definition) is 4. The molecule has 0 saturated heterocycles. The lowest BCUT2D eigenvalue weighted by Crippen LogP contribution is -2.02. The van der Waals surface area contributed by atoms with Crippen molar-refractivity contribution in [1.29, 1.82) is 0 Å². The van der Waals surface area contributed by atoms with Crippen molar-refractivity contribution < 1.29 is 9.85 Å². The number of nitro groups is 2. The van der Waals surface area contributed by atoms with Gasteiger partial charge in [0, 0.05) is 12.1 Å². The number of nitrogens with zero attached hydrogens (tertiary/aromatic N) is 2. The fourth-order valence-electron chi connectivity index (χ4n) is 2.09. The van der Waals surface area contributed by atoms with E-state index in [1.807, 2.05) is 0 Å². The Kier molecular flexibility index (Phi) is 5.41. The Morgan fingerprint density at radius 2 is 1.53 bits per heavy atom. The van der Waals surface area contributed by atoms with Crippen molar-refractivity contribution in [3.8, 4) is 0 Å². The molecule has 0 N–H and O–H groups in total. The number of hydrogen-bond donors (Lipinski definition) is 0. The molecular formula is C13H18N2O4. The van der Waals surface area contributed by atoms with Crippen molar-refractivity contribution in [2.45, 2.75) is 46.0 Å². The molecule has 0 bridgehead atoms. The van der Waals surface area contributed by atoms with E-state index >= 15 is 0 Å². The van der Waals surface area contributed by atoms with Gasteiger partial charge < -0.3 is 0 Å². The average molecular weight is 266 g/mol. The summed E-state index contributed by atoms with van der Waals surface area (Å²) in [6.07, 6.45) is 4.13. The summed E-state index contributed by atoms with van der Waals surface area (Å²) in [5.41, 5.74) is 0.513. The maximum Gasteiger partial charge on any atom is 0.279 e. The quantitative estimate of drug-likeness (QED) is 0.425. The van der Waals surface area contributed by atoms with Gasteiger partial charge in [-0.25, -0.2) is 0 Å². The summed E-state index contributed by atoms with van der Waals surface area (Å²) in [5, 5.41) is 22.0. The molecular weight excluding hydrogens is 248 g/mol. The van der Waals surface area contributed by atoms with E-state index in [9.17, 15) is 20.2 Å². The lowest BCUT2D eigenvalue weighted by atomic mass is 10.0. The van der Waals surface area contributed by atoms with Gasteiger partial charge in [0.15, 0.2) is 0 Å². The van der Waals surface area contributed by atoms with E-state index in [0.29, 0.717) is 12.0 Å². The minimum Gasteiger partial charge on any atom is -0.258 e. The first kappa shape index (κ1) is 15.1. The molecule has 0 amide bonds. The van der Waals surface area contributed by atoms with E-state index < -0.39 is 9.85 Å². The van der Waals surface area contributed by atoms with Gasteiger partial charge >= 0.3 is 0 Å². The molecule has 0 radical (unpaired) electrons. The highest BCUT2D eigenvalue weighted by molar-refractivity contribution is 5.56. The minimum atomic E-state index is -0.533. The van der Waals surface area contributed by atoms with Crippen molar-refractivity contribution in [3.05, 3.63) is 43.5 Å². The predicted octanol–water partition coefficient (Wildman–Crippen LogP) is 3.93. The zero-order valence-corrected chi connectivity index (χ0v) is 11.2. The summed E-state index contributed by atoms with van der Waals surface area (Å²) in [5.74, 6) is 0. The monoisotopic (exact) mass is 266 g/mol. The van der Waals surface area contributed by atoms with E-state index in [1.54, 1.807) is 6.92 Å². The highest BCUT2D eigenvalue weighted by Crippen LogP contribution is 2.31. The smallest absolute Gasteiger partial charge is 0.258 e. The second-order valence-corrected chi connectivity index (χ2v) is 4.61. The third-order valence-corrected chi connectivity index (χ3v) is 3.02. The zero-order chi connectivity index (χ0) is 14.4.